The lowest BCUT2D eigenvalue weighted by atomic mass is 10.0. The molecule has 0 aliphatic carbocycles. The molecule has 2 N–H and O–H groups in total. The number of carbonyl (C=O) groups excluding carboxylic acids is 1. The van der Waals surface area contributed by atoms with E-state index in [0.717, 1.165) is 32.7 Å². The molecule has 1 amide bonds. The second-order valence-electron chi connectivity index (χ2n) is 9.30. The molecule has 0 aromatic carbocycles. The van der Waals surface area contributed by atoms with E-state index in [1.807, 2.05) is 20.8 Å². The molecular formula is C20H40N6O2. The summed E-state index contributed by atoms with van der Waals surface area (Å²) in [5, 5.41) is 0. The molecule has 2 aliphatic rings. The first kappa shape index (κ1) is 22.7. The fourth-order valence-corrected chi connectivity index (χ4v) is 3.63. The lowest BCUT2D eigenvalue weighted by Gasteiger charge is -2.39. The van der Waals surface area contributed by atoms with Crippen LogP contribution in [0, 0.1) is 5.92 Å². The van der Waals surface area contributed by atoms with Crippen molar-refractivity contribution < 1.29 is 9.53 Å². The molecule has 0 spiro atoms. The van der Waals surface area contributed by atoms with Crippen molar-refractivity contribution in [2.45, 2.75) is 46.3 Å². The van der Waals surface area contributed by atoms with Crippen LogP contribution >= 0.6 is 0 Å². The van der Waals surface area contributed by atoms with Gasteiger partial charge in [0.1, 0.15) is 5.60 Å². The molecule has 8 heteroatoms. The maximum absolute atomic E-state index is 12.2. The number of ether oxygens (including phenoxy) is 1. The van der Waals surface area contributed by atoms with Crippen LogP contribution in [0.1, 0.15) is 34.6 Å². The van der Waals surface area contributed by atoms with Gasteiger partial charge in [0, 0.05) is 58.4 Å². The Morgan fingerprint density at radius 1 is 1.00 bits per heavy atom. The summed E-state index contributed by atoms with van der Waals surface area (Å²) in [5.74, 6) is 1.12. The number of guanidine groups is 1. The van der Waals surface area contributed by atoms with Gasteiger partial charge in [-0.15, -0.1) is 0 Å². The van der Waals surface area contributed by atoms with E-state index in [2.05, 4.69) is 35.6 Å². The third-order valence-corrected chi connectivity index (χ3v) is 5.47. The zero-order valence-corrected chi connectivity index (χ0v) is 18.6. The van der Waals surface area contributed by atoms with Crippen molar-refractivity contribution in [3.8, 4) is 0 Å². The van der Waals surface area contributed by atoms with Gasteiger partial charge in [0.05, 0.1) is 6.54 Å². The summed E-state index contributed by atoms with van der Waals surface area (Å²) >= 11 is 0. The van der Waals surface area contributed by atoms with Crippen LogP contribution < -0.4 is 5.73 Å². The van der Waals surface area contributed by atoms with Gasteiger partial charge in [-0.1, -0.05) is 13.8 Å². The van der Waals surface area contributed by atoms with Gasteiger partial charge in [0.25, 0.3) is 0 Å². The number of nitrogens with zero attached hydrogens (tertiary/aromatic N) is 5. The average Bonchev–Trinajstić information content (AvgIpc) is 2.61. The van der Waals surface area contributed by atoms with Crippen molar-refractivity contribution in [2.75, 3.05) is 66.0 Å². The molecule has 1 atom stereocenters. The third kappa shape index (κ3) is 6.81. The van der Waals surface area contributed by atoms with E-state index in [1.54, 1.807) is 4.90 Å². The number of rotatable bonds is 4. The lowest BCUT2D eigenvalue weighted by molar-refractivity contribution is 0.0186. The van der Waals surface area contributed by atoms with E-state index in [4.69, 9.17) is 15.5 Å². The number of nitrogens with two attached hydrogens (primary N) is 1. The Kier molecular flexibility index (Phi) is 7.95. The Balaban J connectivity index is 1.85. The van der Waals surface area contributed by atoms with E-state index in [1.165, 1.54) is 0 Å². The maximum Gasteiger partial charge on any atom is 0.410 e. The summed E-state index contributed by atoms with van der Waals surface area (Å²) in [6.45, 7) is 17.9. The van der Waals surface area contributed by atoms with Gasteiger partial charge in [0.2, 0.25) is 0 Å². The number of likely N-dealkylation sites (N-methyl/N-ethyl adjacent to an activating group) is 1. The van der Waals surface area contributed by atoms with Crippen LogP contribution in [0.4, 0.5) is 4.79 Å². The molecular weight excluding hydrogens is 356 g/mol. The highest BCUT2D eigenvalue weighted by atomic mass is 16.6. The number of amides is 1. The summed E-state index contributed by atoms with van der Waals surface area (Å²) in [6.07, 6.45) is -0.252. The number of aliphatic imine (C=N–C) groups is 1. The summed E-state index contributed by atoms with van der Waals surface area (Å²) < 4.78 is 5.45. The second-order valence-corrected chi connectivity index (χ2v) is 9.30. The average molecular weight is 397 g/mol. The predicted molar refractivity (Wildman–Crippen MR) is 114 cm³/mol. The van der Waals surface area contributed by atoms with Gasteiger partial charge in [-0.3, -0.25) is 9.89 Å². The van der Waals surface area contributed by atoms with E-state index < -0.39 is 5.60 Å². The first-order chi connectivity index (χ1) is 13.1. The Labute approximate surface area is 170 Å². The predicted octanol–water partition coefficient (Wildman–Crippen LogP) is 1.13. The highest BCUT2D eigenvalue weighted by molar-refractivity contribution is 5.78. The molecule has 0 saturated carbocycles. The Hall–Kier alpha value is -1.54. The van der Waals surface area contributed by atoms with Crippen molar-refractivity contribution >= 4 is 12.1 Å². The number of hydrogen-bond acceptors (Lipinski definition) is 5. The summed E-state index contributed by atoms with van der Waals surface area (Å²) in [6, 6.07) is 0.412. The Bertz CT molecular complexity index is 529. The minimum atomic E-state index is -0.468. The summed E-state index contributed by atoms with van der Waals surface area (Å²) in [7, 11) is 2.18. The topological polar surface area (TPSA) is 77.6 Å². The molecule has 2 fully saturated rings. The van der Waals surface area contributed by atoms with Gasteiger partial charge in [-0.25, -0.2) is 4.79 Å². The normalized spacial score (nSPS) is 21.9. The Morgan fingerprint density at radius 3 is 2.04 bits per heavy atom. The van der Waals surface area contributed by atoms with Crippen LogP contribution in [0.2, 0.25) is 0 Å². The van der Waals surface area contributed by atoms with Crippen molar-refractivity contribution in [2.24, 2.45) is 16.6 Å². The Morgan fingerprint density at radius 2 is 1.54 bits per heavy atom. The SMILES string of the molecule is CC(C)C(CN=C(N)N1CCN(C(=O)OC(C)(C)C)CC1)N1CCN(C)CC1. The highest BCUT2D eigenvalue weighted by Crippen LogP contribution is 2.15. The molecule has 1 unspecified atom stereocenters. The van der Waals surface area contributed by atoms with Gasteiger partial charge in [-0.2, -0.15) is 0 Å². The van der Waals surface area contributed by atoms with Crippen molar-refractivity contribution in [1.82, 2.24) is 19.6 Å². The fraction of sp³-hybridized carbons (Fsp3) is 0.900. The molecule has 0 aromatic rings. The second kappa shape index (κ2) is 9.78. The van der Waals surface area contributed by atoms with E-state index in [9.17, 15) is 4.79 Å². The molecule has 2 heterocycles. The molecule has 0 bridgehead atoms. The molecule has 0 radical (unpaired) electrons. The maximum atomic E-state index is 12.2. The van der Waals surface area contributed by atoms with Gasteiger partial charge in [0.15, 0.2) is 5.96 Å². The number of hydrogen-bond donors (Lipinski definition) is 1. The van der Waals surface area contributed by atoms with Crippen LogP contribution in [0.15, 0.2) is 4.99 Å². The first-order valence-corrected chi connectivity index (χ1v) is 10.5. The quantitative estimate of drug-likeness (QED) is 0.567. The molecule has 2 saturated heterocycles. The van der Waals surface area contributed by atoms with Crippen LogP contribution in [-0.4, -0.2) is 109 Å². The van der Waals surface area contributed by atoms with Crippen molar-refractivity contribution in [3.05, 3.63) is 0 Å². The van der Waals surface area contributed by atoms with Gasteiger partial charge in [-0.05, 0) is 33.7 Å². The zero-order valence-electron chi connectivity index (χ0n) is 18.6. The van der Waals surface area contributed by atoms with Gasteiger partial charge < -0.3 is 25.2 Å². The lowest BCUT2D eigenvalue weighted by Crippen LogP contribution is -2.54. The van der Waals surface area contributed by atoms with E-state index >= 15 is 0 Å². The zero-order chi connectivity index (χ0) is 20.9. The van der Waals surface area contributed by atoms with Crippen LogP contribution in [0.3, 0.4) is 0 Å². The summed E-state index contributed by atoms with van der Waals surface area (Å²) in [5.41, 5.74) is 5.82. The third-order valence-electron chi connectivity index (χ3n) is 5.47. The van der Waals surface area contributed by atoms with E-state index in [-0.39, 0.29) is 6.09 Å². The summed E-state index contributed by atoms with van der Waals surface area (Å²) in [4.78, 5) is 25.6. The molecule has 2 rings (SSSR count). The van der Waals surface area contributed by atoms with Gasteiger partial charge >= 0.3 is 6.09 Å². The largest absolute Gasteiger partial charge is 0.444 e. The molecule has 0 aromatic heterocycles. The fourth-order valence-electron chi connectivity index (χ4n) is 3.63. The van der Waals surface area contributed by atoms with Crippen LogP contribution in [-0.2, 0) is 4.74 Å². The molecule has 28 heavy (non-hydrogen) atoms. The highest BCUT2D eigenvalue weighted by Gasteiger charge is 2.28. The monoisotopic (exact) mass is 396 g/mol. The smallest absolute Gasteiger partial charge is 0.410 e. The number of piperazine rings is 2. The minimum Gasteiger partial charge on any atom is -0.444 e. The van der Waals surface area contributed by atoms with E-state index in [0.29, 0.717) is 44.1 Å². The van der Waals surface area contributed by atoms with Crippen molar-refractivity contribution in [3.63, 3.8) is 0 Å². The first-order valence-electron chi connectivity index (χ1n) is 10.5. The van der Waals surface area contributed by atoms with Crippen LogP contribution in [0.5, 0.6) is 0 Å². The van der Waals surface area contributed by atoms with Crippen LogP contribution in [0.25, 0.3) is 0 Å². The standard InChI is InChI=1S/C20H40N6O2/c1-16(2)17(24-9-7-23(6)8-10-24)15-22-18(21)25-11-13-26(14-12-25)19(27)28-20(3,4)5/h16-17H,7-15H2,1-6H3,(H2,21,22). The molecule has 162 valence electrons. The molecule has 8 nitrogen and oxygen atoms in total. The molecule has 2 aliphatic heterocycles. The number of carbonyl (C=O) groups is 1. The minimum absolute atomic E-state index is 0.252. The van der Waals surface area contributed by atoms with Crippen molar-refractivity contribution in [1.29, 1.82) is 0 Å².